The van der Waals surface area contributed by atoms with Crippen molar-refractivity contribution in [3.05, 3.63) is 23.2 Å². The highest BCUT2D eigenvalue weighted by Crippen LogP contribution is 2.28. The van der Waals surface area contributed by atoms with Crippen LogP contribution in [0.15, 0.2) is 12.4 Å². The zero-order valence-corrected chi connectivity index (χ0v) is 11.7. The molecule has 0 spiro atoms. The molecule has 0 N–H and O–H groups in total. The van der Waals surface area contributed by atoms with Crippen LogP contribution < -0.4 is 0 Å². The molecule has 2 aliphatic heterocycles. The number of carbonyl (C=O) groups excluding carboxylic acids is 1. The zero-order valence-electron chi connectivity index (χ0n) is 10.9. The lowest BCUT2D eigenvalue weighted by atomic mass is 10.1. The SMILES string of the molecule is CN1C2CCC1CN(C(=O)c1cncc(Cl)n1)CC2. The minimum atomic E-state index is -0.0593. The number of hydrogen-bond donors (Lipinski definition) is 0. The quantitative estimate of drug-likeness (QED) is 0.781. The first-order valence-electron chi connectivity index (χ1n) is 6.64. The second-order valence-electron chi connectivity index (χ2n) is 5.32. The van der Waals surface area contributed by atoms with E-state index in [-0.39, 0.29) is 11.1 Å². The molecule has 0 radical (unpaired) electrons. The Balaban J connectivity index is 1.77. The Kier molecular flexibility index (Phi) is 3.41. The first-order valence-corrected chi connectivity index (χ1v) is 7.01. The molecule has 1 aromatic rings. The summed E-state index contributed by atoms with van der Waals surface area (Å²) in [4.78, 5) is 24.7. The molecular formula is C13H17ClN4O. The molecule has 2 bridgehead atoms. The first kappa shape index (κ1) is 12.8. The maximum atomic E-state index is 12.4. The van der Waals surface area contributed by atoms with Crippen molar-refractivity contribution in [3.63, 3.8) is 0 Å². The number of halogens is 1. The van der Waals surface area contributed by atoms with Gasteiger partial charge in [-0.25, -0.2) is 4.98 Å². The summed E-state index contributed by atoms with van der Waals surface area (Å²) in [7, 11) is 2.16. The number of fused-ring (bicyclic) bond motifs is 2. The second-order valence-corrected chi connectivity index (χ2v) is 5.70. The van der Waals surface area contributed by atoms with Crippen molar-refractivity contribution in [3.8, 4) is 0 Å². The van der Waals surface area contributed by atoms with Crippen LogP contribution in [0.2, 0.25) is 5.15 Å². The fraction of sp³-hybridized carbons (Fsp3) is 0.615. The van der Waals surface area contributed by atoms with Gasteiger partial charge in [-0.15, -0.1) is 0 Å². The largest absolute Gasteiger partial charge is 0.336 e. The molecule has 2 atom stereocenters. The lowest BCUT2D eigenvalue weighted by Crippen LogP contribution is -2.40. The summed E-state index contributed by atoms with van der Waals surface area (Å²) in [5.41, 5.74) is 0.341. The highest BCUT2D eigenvalue weighted by molar-refractivity contribution is 6.29. The number of nitrogens with zero attached hydrogens (tertiary/aromatic N) is 4. The van der Waals surface area contributed by atoms with E-state index in [0.717, 1.165) is 19.5 Å². The Hall–Kier alpha value is -1.20. The predicted molar refractivity (Wildman–Crippen MR) is 72.1 cm³/mol. The maximum Gasteiger partial charge on any atom is 0.274 e. The van der Waals surface area contributed by atoms with Crippen LogP contribution in [0.4, 0.5) is 0 Å². The molecule has 0 aliphatic carbocycles. The second kappa shape index (κ2) is 5.06. The number of carbonyl (C=O) groups is 1. The average molecular weight is 281 g/mol. The molecule has 5 nitrogen and oxygen atoms in total. The van der Waals surface area contributed by atoms with Gasteiger partial charge in [-0.1, -0.05) is 11.6 Å². The summed E-state index contributed by atoms with van der Waals surface area (Å²) in [5, 5.41) is 0.263. The van der Waals surface area contributed by atoms with E-state index in [9.17, 15) is 4.79 Å². The van der Waals surface area contributed by atoms with Crippen LogP contribution >= 0.6 is 11.6 Å². The molecule has 2 aliphatic rings. The van der Waals surface area contributed by atoms with Crippen LogP contribution in [0.3, 0.4) is 0 Å². The summed E-state index contributed by atoms with van der Waals surface area (Å²) in [6.45, 7) is 1.57. The number of aromatic nitrogens is 2. The van der Waals surface area contributed by atoms with Gasteiger partial charge in [0.15, 0.2) is 0 Å². The Bertz CT molecular complexity index is 495. The molecule has 2 unspecified atom stereocenters. The third-order valence-corrected chi connectivity index (χ3v) is 4.44. The van der Waals surface area contributed by atoms with Gasteiger partial charge in [-0.05, 0) is 26.3 Å². The molecule has 2 saturated heterocycles. The molecule has 2 fully saturated rings. The van der Waals surface area contributed by atoms with Crippen molar-refractivity contribution < 1.29 is 4.79 Å². The van der Waals surface area contributed by atoms with Crippen LogP contribution in [0.25, 0.3) is 0 Å². The number of amides is 1. The number of hydrogen-bond acceptors (Lipinski definition) is 4. The number of likely N-dealkylation sites (N-methyl/N-ethyl adjacent to an activating group) is 1. The summed E-state index contributed by atoms with van der Waals surface area (Å²) in [6, 6.07) is 1.09. The van der Waals surface area contributed by atoms with Gasteiger partial charge in [0.2, 0.25) is 0 Å². The van der Waals surface area contributed by atoms with Gasteiger partial charge >= 0.3 is 0 Å². The fourth-order valence-corrected chi connectivity index (χ4v) is 3.25. The highest BCUT2D eigenvalue weighted by Gasteiger charge is 2.36. The van der Waals surface area contributed by atoms with Crippen LogP contribution in [0, 0.1) is 0 Å². The van der Waals surface area contributed by atoms with Gasteiger partial charge in [0.1, 0.15) is 10.8 Å². The molecular weight excluding hydrogens is 264 g/mol. The molecule has 0 aromatic carbocycles. The van der Waals surface area contributed by atoms with Gasteiger partial charge in [-0.2, -0.15) is 0 Å². The van der Waals surface area contributed by atoms with E-state index >= 15 is 0 Å². The molecule has 0 saturated carbocycles. The Morgan fingerprint density at radius 3 is 2.89 bits per heavy atom. The van der Waals surface area contributed by atoms with E-state index in [1.807, 2.05) is 4.90 Å². The van der Waals surface area contributed by atoms with E-state index < -0.39 is 0 Å². The molecule has 6 heteroatoms. The van der Waals surface area contributed by atoms with Gasteiger partial charge < -0.3 is 4.90 Å². The van der Waals surface area contributed by atoms with Gasteiger partial charge in [0.25, 0.3) is 5.91 Å². The van der Waals surface area contributed by atoms with E-state index in [4.69, 9.17) is 11.6 Å². The predicted octanol–water partition coefficient (Wildman–Crippen LogP) is 1.44. The molecule has 1 aromatic heterocycles. The van der Waals surface area contributed by atoms with Crippen molar-refractivity contribution in [2.24, 2.45) is 0 Å². The lowest BCUT2D eigenvalue weighted by Gasteiger charge is -2.25. The van der Waals surface area contributed by atoms with Crippen molar-refractivity contribution in [1.82, 2.24) is 19.8 Å². The van der Waals surface area contributed by atoms with Gasteiger partial charge in [-0.3, -0.25) is 14.7 Å². The third-order valence-electron chi connectivity index (χ3n) is 4.26. The van der Waals surface area contributed by atoms with Crippen LogP contribution in [0.5, 0.6) is 0 Å². The minimum absolute atomic E-state index is 0.0593. The summed E-state index contributed by atoms with van der Waals surface area (Å²) < 4.78 is 0. The van der Waals surface area contributed by atoms with E-state index in [0.29, 0.717) is 17.8 Å². The molecule has 19 heavy (non-hydrogen) atoms. The Morgan fingerprint density at radius 1 is 1.32 bits per heavy atom. The standard InChI is InChI=1S/C13H17ClN4O/c1-17-9-2-3-10(17)8-18(5-4-9)13(19)11-6-15-7-12(14)16-11/h6-7,9-10H,2-5,8H2,1H3. The summed E-state index contributed by atoms with van der Waals surface area (Å²) >= 11 is 5.79. The van der Waals surface area contributed by atoms with E-state index in [1.165, 1.54) is 25.2 Å². The van der Waals surface area contributed by atoms with Crippen LogP contribution in [-0.2, 0) is 0 Å². The zero-order chi connectivity index (χ0) is 13.4. The van der Waals surface area contributed by atoms with Crippen molar-refractivity contribution in [2.45, 2.75) is 31.3 Å². The average Bonchev–Trinajstić information content (AvgIpc) is 2.62. The number of rotatable bonds is 1. The molecule has 1 amide bonds. The van der Waals surface area contributed by atoms with Crippen molar-refractivity contribution >= 4 is 17.5 Å². The fourth-order valence-electron chi connectivity index (χ4n) is 3.10. The minimum Gasteiger partial charge on any atom is -0.336 e. The van der Waals surface area contributed by atoms with Gasteiger partial charge in [0.05, 0.1) is 12.4 Å². The third kappa shape index (κ3) is 2.44. The van der Waals surface area contributed by atoms with Crippen LogP contribution in [-0.4, -0.2) is 57.9 Å². The topological polar surface area (TPSA) is 49.3 Å². The molecule has 3 heterocycles. The molecule has 3 rings (SSSR count). The Labute approximate surface area is 117 Å². The normalized spacial score (nSPS) is 27.4. The smallest absolute Gasteiger partial charge is 0.274 e. The van der Waals surface area contributed by atoms with Crippen LogP contribution in [0.1, 0.15) is 29.8 Å². The van der Waals surface area contributed by atoms with E-state index in [2.05, 4.69) is 21.9 Å². The van der Waals surface area contributed by atoms with Crippen molar-refractivity contribution in [2.75, 3.05) is 20.1 Å². The maximum absolute atomic E-state index is 12.4. The first-order chi connectivity index (χ1) is 9.15. The summed E-state index contributed by atoms with van der Waals surface area (Å²) in [5.74, 6) is -0.0593. The highest BCUT2D eigenvalue weighted by atomic mass is 35.5. The molecule has 102 valence electrons. The summed E-state index contributed by atoms with van der Waals surface area (Å²) in [6.07, 6.45) is 6.39. The monoisotopic (exact) mass is 280 g/mol. The Morgan fingerprint density at radius 2 is 2.11 bits per heavy atom. The number of likely N-dealkylation sites (tertiary alicyclic amines) is 1. The van der Waals surface area contributed by atoms with Gasteiger partial charge in [0, 0.05) is 25.2 Å². The van der Waals surface area contributed by atoms with Crippen molar-refractivity contribution in [1.29, 1.82) is 0 Å². The van der Waals surface area contributed by atoms with E-state index in [1.54, 1.807) is 0 Å². The lowest BCUT2D eigenvalue weighted by molar-refractivity contribution is 0.0734.